The number of nitrogens with one attached hydrogen (secondary N) is 1. The van der Waals surface area contributed by atoms with E-state index < -0.39 is 0 Å². The van der Waals surface area contributed by atoms with Crippen LogP contribution in [0.2, 0.25) is 0 Å². The van der Waals surface area contributed by atoms with Crippen molar-refractivity contribution in [1.82, 2.24) is 5.32 Å². The van der Waals surface area contributed by atoms with E-state index in [1.165, 1.54) is 29.5 Å². The van der Waals surface area contributed by atoms with E-state index in [2.05, 4.69) is 38.2 Å². The fourth-order valence-corrected chi connectivity index (χ4v) is 1.85. The standard InChI is InChI=1S/C14H21NO/c1-10-4-5-11(2)14(12(10)3)16-9-8-15-13-6-7-13/h4-5,13,15H,6-9H2,1-3H3. The molecule has 1 fully saturated rings. The molecule has 1 N–H and O–H groups in total. The van der Waals surface area contributed by atoms with Crippen molar-refractivity contribution in [2.24, 2.45) is 0 Å². The highest BCUT2D eigenvalue weighted by Gasteiger charge is 2.19. The molecular formula is C14H21NO. The van der Waals surface area contributed by atoms with Crippen molar-refractivity contribution < 1.29 is 4.74 Å². The lowest BCUT2D eigenvalue weighted by molar-refractivity contribution is 0.309. The van der Waals surface area contributed by atoms with Gasteiger partial charge in [0.2, 0.25) is 0 Å². The lowest BCUT2D eigenvalue weighted by Gasteiger charge is -2.14. The molecule has 0 unspecified atom stereocenters. The molecule has 2 heteroatoms. The zero-order valence-corrected chi connectivity index (χ0v) is 10.5. The summed E-state index contributed by atoms with van der Waals surface area (Å²) in [6.07, 6.45) is 2.67. The second-order valence-electron chi connectivity index (χ2n) is 4.73. The van der Waals surface area contributed by atoms with Crippen LogP contribution >= 0.6 is 0 Å². The Labute approximate surface area is 98.0 Å². The van der Waals surface area contributed by atoms with Gasteiger partial charge in [0.15, 0.2) is 0 Å². The van der Waals surface area contributed by atoms with Gasteiger partial charge in [-0.2, -0.15) is 0 Å². The summed E-state index contributed by atoms with van der Waals surface area (Å²) in [6.45, 7) is 8.09. The third kappa shape index (κ3) is 2.76. The number of hydrogen-bond donors (Lipinski definition) is 1. The predicted molar refractivity (Wildman–Crippen MR) is 67.2 cm³/mol. The Morgan fingerprint density at radius 1 is 1.19 bits per heavy atom. The van der Waals surface area contributed by atoms with E-state index >= 15 is 0 Å². The van der Waals surface area contributed by atoms with Gasteiger partial charge in [-0.05, 0) is 50.3 Å². The van der Waals surface area contributed by atoms with E-state index in [1.807, 2.05) is 0 Å². The van der Waals surface area contributed by atoms with Gasteiger partial charge in [0, 0.05) is 12.6 Å². The minimum atomic E-state index is 0.766. The van der Waals surface area contributed by atoms with Crippen LogP contribution in [-0.2, 0) is 0 Å². The molecule has 88 valence electrons. The molecule has 1 aliphatic carbocycles. The first-order chi connectivity index (χ1) is 7.68. The quantitative estimate of drug-likeness (QED) is 0.769. The van der Waals surface area contributed by atoms with Crippen molar-refractivity contribution in [3.05, 3.63) is 28.8 Å². The second kappa shape index (κ2) is 4.88. The summed E-state index contributed by atoms with van der Waals surface area (Å²) in [5, 5.41) is 3.46. The Morgan fingerprint density at radius 2 is 1.88 bits per heavy atom. The Morgan fingerprint density at radius 3 is 2.56 bits per heavy atom. The monoisotopic (exact) mass is 219 g/mol. The molecule has 0 spiro atoms. The number of hydrogen-bond acceptors (Lipinski definition) is 2. The number of rotatable bonds is 5. The molecular weight excluding hydrogens is 198 g/mol. The first-order valence-corrected chi connectivity index (χ1v) is 6.11. The fraction of sp³-hybridized carbons (Fsp3) is 0.571. The van der Waals surface area contributed by atoms with E-state index in [0.717, 1.165) is 24.9 Å². The van der Waals surface area contributed by atoms with Gasteiger partial charge in [-0.15, -0.1) is 0 Å². The average Bonchev–Trinajstić information content (AvgIpc) is 3.07. The smallest absolute Gasteiger partial charge is 0.125 e. The maximum absolute atomic E-state index is 5.86. The molecule has 0 aromatic heterocycles. The van der Waals surface area contributed by atoms with Gasteiger partial charge in [0.05, 0.1) is 0 Å². The van der Waals surface area contributed by atoms with Crippen LogP contribution in [0.25, 0.3) is 0 Å². The summed E-state index contributed by atoms with van der Waals surface area (Å²) in [7, 11) is 0. The molecule has 1 aromatic rings. The molecule has 1 saturated carbocycles. The minimum absolute atomic E-state index is 0.766. The maximum atomic E-state index is 5.86. The second-order valence-corrected chi connectivity index (χ2v) is 4.73. The highest BCUT2D eigenvalue weighted by Crippen LogP contribution is 2.25. The molecule has 0 atom stereocenters. The molecule has 16 heavy (non-hydrogen) atoms. The number of ether oxygens (including phenoxy) is 1. The highest BCUT2D eigenvalue weighted by atomic mass is 16.5. The first kappa shape index (κ1) is 11.5. The normalized spacial score (nSPS) is 15.2. The summed E-state index contributed by atoms with van der Waals surface area (Å²) in [6, 6.07) is 5.05. The number of benzene rings is 1. The predicted octanol–water partition coefficient (Wildman–Crippen LogP) is 2.74. The third-order valence-corrected chi connectivity index (χ3v) is 3.23. The lowest BCUT2D eigenvalue weighted by Crippen LogP contribution is -2.23. The molecule has 0 amide bonds. The van der Waals surface area contributed by atoms with Crippen molar-refractivity contribution in [3.8, 4) is 5.75 Å². The Hall–Kier alpha value is -1.02. The van der Waals surface area contributed by atoms with Crippen molar-refractivity contribution >= 4 is 0 Å². The van der Waals surface area contributed by atoms with E-state index in [-0.39, 0.29) is 0 Å². The molecule has 2 nitrogen and oxygen atoms in total. The van der Waals surface area contributed by atoms with Crippen LogP contribution in [0, 0.1) is 20.8 Å². The summed E-state index contributed by atoms with van der Waals surface area (Å²) in [5.74, 6) is 1.07. The van der Waals surface area contributed by atoms with E-state index in [1.54, 1.807) is 0 Å². The summed E-state index contributed by atoms with van der Waals surface area (Å²) < 4.78 is 5.86. The van der Waals surface area contributed by atoms with Crippen molar-refractivity contribution in [3.63, 3.8) is 0 Å². The average molecular weight is 219 g/mol. The molecule has 0 radical (unpaired) electrons. The molecule has 2 rings (SSSR count). The Balaban J connectivity index is 1.89. The van der Waals surface area contributed by atoms with Gasteiger partial charge in [0.1, 0.15) is 12.4 Å². The maximum Gasteiger partial charge on any atom is 0.125 e. The zero-order chi connectivity index (χ0) is 11.5. The Bertz CT molecular complexity index is 369. The van der Waals surface area contributed by atoms with Crippen LogP contribution in [0.4, 0.5) is 0 Å². The van der Waals surface area contributed by atoms with Crippen LogP contribution in [0.3, 0.4) is 0 Å². The van der Waals surface area contributed by atoms with Crippen LogP contribution in [0.5, 0.6) is 5.75 Å². The zero-order valence-electron chi connectivity index (χ0n) is 10.5. The van der Waals surface area contributed by atoms with Gasteiger partial charge >= 0.3 is 0 Å². The van der Waals surface area contributed by atoms with E-state index in [9.17, 15) is 0 Å². The van der Waals surface area contributed by atoms with Gasteiger partial charge in [-0.25, -0.2) is 0 Å². The van der Waals surface area contributed by atoms with Gasteiger partial charge in [-0.3, -0.25) is 0 Å². The van der Waals surface area contributed by atoms with Gasteiger partial charge in [-0.1, -0.05) is 12.1 Å². The van der Waals surface area contributed by atoms with Crippen molar-refractivity contribution in [2.75, 3.05) is 13.2 Å². The largest absolute Gasteiger partial charge is 0.492 e. The topological polar surface area (TPSA) is 21.3 Å². The van der Waals surface area contributed by atoms with Crippen LogP contribution in [0.1, 0.15) is 29.5 Å². The lowest BCUT2D eigenvalue weighted by atomic mass is 10.1. The van der Waals surface area contributed by atoms with Crippen molar-refractivity contribution in [2.45, 2.75) is 39.7 Å². The summed E-state index contributed by atoms with van der Waals surface area (Å²) in [4.78, 5) is 0. The molecule has 0 saturated heterocycles. The molecule has 0 bridgehead atoms. The van der Waals surface area contributed by atoms with Gasteiger partial charge < -0.3 is 10.1 Å². The highest BCUT2D eigenvalue weighted by molar-refractivity contribution is 5.44. The van der Waals surface area contributed by atoms with Crippen molar-refractivity contribution in [1.29, 1.82) is 0 Å². The first-order valence-electron chi connectivity index (χ1n) is 6.11. The molecule has 1 aliphatic rings. The summed E-state index contributed by atoms with van der Waals surface area (Å²) in [5.41, 5.74) is 3.80. The van der Waals surface area contributed by atoms with Crippen LogP contribution in [0.15, 0.2) is 12.1 Å². The summed E-state index contributed by atoms with van der Waals surface area (Å²) >= 11 is 0. The van der Waals surface area contributed by atoms with Crippen LogP contribution < -0.4 is 10.1 Å². The molecule has 1 aromatic carbocycles. The minimum Gasteiger partial charge on any atom is -0.492 e. The molecule has 0 heterocycles. The van der Waals surface area contributed by atoms with E-state index in [4.69, 9.17) is 4.74 Å². The Kier molecular flexibility index (Phi) is 3.49. The molecule has 0 aliphatic heterocycles. The fourth-order valence-electron chi connectivity index (χ4n) is 1.85. The van der Waals surface area contributed by atoms with Crippen LogP contribution in [-0.4, -0.2) is 19.2 Å². The van der Waals surface area contributed by atoms with E-state index in [0.29, 0.717) is 0 Å². The third-order valence-electron chi connectivity index (χ3n) is 3.23. The number of aryl methyl sites for hydroxylation is 2. The van der Waals surface area contributed by atoms with Gasteiger partial charge in [0.25, 0.3) is 0 Å². The SMILES string of the molecule is Cc1ccc(C)c(OCCNC2CC2)c1C.